The molecule has 0 aromatic heterocycles. The maximum absolute atomic E-state index is 12.2. The Labute approximate surface area is 135 Å². The molecule has 0 heterocycles. The highest BCUT2D eigenvalue weighted by atomic mass is 32.2. The second kappa shape index (κ2) is 7.64. The Bertz CT molecular complexity index is 759. The fourth-order valence-corrected chi connectivity index (χ4v) is 2.88. The van der Waals surface area contributed by atoms with E-state index in [1.807, 2.05) is 0 Å². The Morgan fingerprint density at radius 3 is 2.52 bits per heavy atom. The highest BCUT2D eigenvalue weighted by molar-refractivity contribution is 7.92. The van der Waals surface area contributed by atoms with Gasteiger partial charge in [0.1, 0.15) is 5.75 Å². The lowest BCUT2D eigenvalue weighted by Gasteiger charge is -2.10. The number of rotatable bonds is 7. The van der Waals surface area contributed by atoms with Crippen LogP contribution in [0.5, 0.6) is 5.75 Å². The molecule has 0 radical (unpaired) electrons. The molecule has 0 bridgehead atoms. The highest BCUT2D eigenvalue weighted by Crippen LogP contribution is 2.20. The van der Waals surface area contributed by atoms with Gasteiger partial charge in [-0.25, -0.2) is 13.2 Å². The lowest BCUT2D eigenvalue weighted by atomic mass is 10.3. The van der Waals surface area contributed by atoms with Gasteiger partial charge in [-0.2, -0.15) is 0 Å². The van der Waals surface area contributed by atoms with Crippen LogP contribution in [0.3, 0.4) is 0 Å². The Kier molecular flexibility index (Phi) is 5.59. The van der Waals surface area contributed by atoms with Crippen LogP contribution >= 0.6 is 0 Å². The van der Waals surface area contributed by atoms with Crippen molar-refractivity contribution in [3.8, 4) is 5.75 Å². The van der Waals surface area contributed by atoms with Gasteiger partial charge in [-0.3, -0.25) is 4.72 Å². The third-order valence-electron chi connectivity index (χ3n) is 2.80. The second-order valence-electron chi connectivity index (χ2n) is 4.54. The quantitative estimate of drug-likeness (QED) is 0.786. The molecule has 1 N–H and O–H groups in total. The Hall–Kier alpha value is -2.54. The second-order valence-corrected chi connectivity index (χ2v) is 6.22. The summed E-state index contributed by atoms with van der Waals surface area (Å²) in [7, 11) is -3.67. The van der Waals surface area contributed by atoms with Gasteiger partial charge in [0.05, 0.1) is 17.2 Å². The molecule has 23 heavy (non-hydrogen) atoms. The zero-order valence-corrected chi connectivity index (χ0v) is 13.4. The lowest BCUT2D eigenvalue weighted by molar-refractivity contribution is -0.145. The normalized spacial score (nSPS) is 10.8. The van der Waals surface area contributed by atoms with Gasteiger partial charge in [0, 0.05) is 6.07 Å². The molecule has 2 aromatic rings. The number of anilines is 1. The number of carbonyl (C=O) groups is 1. The summed E-state index contributed by atoms with van der Waals surface area (Å²) in [6.07, 6.45) is 0. The van der Waals surface area contributed by atoms with E-state index in [0.29, 0.717) is 11.4 Å². The number of esters is 1. The summed E-state index contributed by atoms with van der Waals surface area (Å²) in [4.78, 5) is 11.4. The molecule has 0 unspecified atom stereocenters. The van der Waals surface area contributed by atoms with Crippen molar-refractivity contribution in [3.63, 3.8) is 0 Å². The summed E-state index contributed by atoms with van der Waals surface area (Å²) in [6, 6.07) is 14.4. The number of carbonyl (C=O) groups excluding carboxylic acids is 1. The van der Waals surface area contributed by atoms with Crippen LogP contribution in [0.25, 0.3) is 0 Å². The third-order valence-corrected chi connectivity index (χ3v) is 4.20. The van der Waals surface area contributed by atoms with Gasteiger partial charge in [-0.1, -0.05) is 24.3 Å². The number of sulfonamides is 1. The molecule has 0 saturated heterocycles. The van der Waals surface area contributed by atoms with Gasteiger partial charge < -0.3 is 9.47 Å². The molecule has 7 heteroatoms. The molecule has 0 aliphatic rings. The summed E-state index contributed by atoms with van der Waals surface area (Å²) in [5, 5.41) is 0. The first-order valence-corrected chi connectivity index (χ1v) is 8.46. The van der Waals surface area contributed by atoms with Crippen molar-refractivity contribution < 1.29 is 22.7 Å². The average molecular weight is 335 g/mol. The molecule has 0 amide bonds. The highest BCUT2D eigenvalue weighted by Gasteiger charge is 2.13. The van der Waals surface area contributed by atoms with Crippen LogP contribution < -0.4 is 9.46 Å². The number of nitrogens with one attached hydrogen (secondary N) is 1. The third kappa shape index (κ3) is 5.00. The van der Waals surface area contributed by atoms with Crippen molar-refractivity contribution in [2.45, 2.75) is 11.8 Å². The monoisotopic (exact) mass is 335 g/mol. The zero-order chi connectivity index (χ0) is 16.7. The van der Waals surface area contributed by atoms with Crippen LogP contribution in [0.2, 0.25) is 0 Å². The number of benzene rings is 2. The van der Waals surface area contributed by atoms with Crippen LogP contribution in [0.1, 0.15) is 6.92 Å². The average Bonchev–Trinajstić information content (AvgIpc) is 2.54. The molecule has 0 saturated carbocycles. The van der Waals surface area contributed by atoms with Gasteiger partial charge in [0.25, 0.3) is 10.0 Å². The first-order chi connectivity index (χ1) is 11.0. The van der Waals surface area contributed by atoms with E-state index in [4.69, 9.17) is 9.47 Å². The van der Waals surface area contributed by atoms with Gasteiger partial charge in [0.15, 0.2) is 6.61 Å². The molecular formula is C16H17NO5S. The van der Waals surface area contributed by atoms with E-state index in [-0.39, 0.29) is 18.1 Å². The summed E-state index contributed by atoms with van der Waals surface area (Å²) in [5.41, 5.74) is 0.343. The summed E-state index contributed by atoms with van der Waals surface area (Å²) < 4.78 is 37.0. The van der Waals surface area contributed by atoms with Crippen LogP contribution in [0.15, 0.2) is 59.5 Å². The van der Waals surface area contributed by atoms with Gasteiger partial charge >= 0.3 is 5.97 Å². The topological polar surface area (TPSA) is 81.7 Å². The van der Waals surface area contributed by atoms with Crippen molar-refractivity contribution in [2.75, 3.05) is 17.9 Å². The lowest BCUT2D eigenvalue weighted by Crippen LogP contribution is -2.15. The van der Waals surface area contributed by atoms with Crippen molar-refractivity contribution >= 4 is 21.7 Å². The fraction of sp³-hybridized carbons (Fsp3) is 0.188. The maximum atomic E-state index is 12.2. The minimum Gasteiger partial charge on any atom is -0.482 e. The van der Waals surface area contributed by atoms with E-state index in [1.54, 1.807) is 43.3 Å². The molecule has 6 nitrogen and oxygen atoms in total. The first kappa shape index (κ1) is 16.8. The summed E-state index contributed by atoms with van der Waals surface area (Å²) in [6.45, 7) is 1.75. The van der Waals surface area contributed by atoms with E-state index in [2.05, 4.69) is 4.72 Å². The summed E-state index contributed by atoms with van der Waals surface area (Å²) >= 11 is 0. The standard InChI is InChI=1S/C16H17NO5S/c1-2-21-16(18)12-22-14-8-6-7-13(11-14)17-23(19,20)15-9-4-3-5-10-15/h3-11,17H,2,12H2,1H3. The molecule has 0 spiro atoms. The molecule has 2 aromatic carbocycles. The molecule has 2 rings (SSSR count). The van der Waals surface area contributed by atoms with E-state index in [1.165, 1.54) is 18.2 Å². The molecule has 0 fully saturated rings. The Balaban J connectivity index is 2.07. The number of hydrogen-bond acceptors (Lipinski definition) is 5. The van der Waals surface area contributed by atoms with Crippen LogP contribution in [-0.4, -0.2) is 27.6 Å². The van der Waals surface area contributed by atoms with Gasteiger partial charge in [0.2, 0.25) is 0 Å². The molecule has 122 valence electrons. The van der Waals surface area contributed by atoms with Crippen molar-refractivity contribution in [1.29, 1.82) is 0 Å². The van der Waals surface area contributed by atoms with Crippen LogP contribution in [-0.2, 0) is 19.6 Å². The van der Waals surface area contributed by atoms with Crippen molar-refractivity contribution in [3.05, 3.63) is 54.6 Å². The first-order valence-electron chi connectivity index (χ1n) is 6.97. The van der Waals surface area contributed by atoms with E-state index < -0.39 is 16.0 Å². The minimum absolute atomic E-state index is 0.165. The van der Waals surface area contributed by atoms with Gasteiger partial charge in [-0.15, -0.1) is 0 Å². The number of ether oxygens (including phenoxy) is 2. The maximum Gasteiger partial charge on any atom is 0.344 e. The predicted octanol–water partition coefficient (Wildman–Crippen LogP) is 2.43. The van der Waals surface area contributed by atoms with Crippen molar-refractivity contribution in [2.24, 2.45) is 0 Å². The zero-order valence-electron chi connectivity index (χ0n) is 12.6. The molecule has 0 atom stereocenters. The largest absolute Gasteiger partial charge is 0.482 e. The van der Waals surface area contributed by atoms with Crippen LogP contribution in [0.4, 0.5) is 5.69 Å². The van der Waals surface area contributed by atoms with Crippen LogP contribution in [0, 0.1) is 0 Å². The molecule has 0 aliphatic carbocycles. The van der Waals surface area contributed by atoms with E-state index in [9.17, 15) is 13.2 Å². The molecular weight excluding hydrogens is 318 g/mol. The fourth-order valence-electron chi connectivity index (χ4n) is 1.81. The minimum atomic E-state index is -3.67. The SMILES string of the molecule is CCOC(=O)COc1cccc(NS(=O)(=O)c2ccccc2)c1. The summed E-state index contributed by atoms with van der Waals surface area (Å²) in [5.74, 6) is -0.117. The van der Waals surface area contributed by atoms with E-state index in [0.717, 1.165) is 0 Å². The predicted molar refractivity (Wildman–Crippen MR) is 85.8 cm³/mol. The smallest absolute Gasteiger partial charge is 0.344 e. The van der Waals surface area contributed by atoms with Gasteiger partial charge in [-0.05, 0) is 31.2 Å². The number of hydrogen-bond donors (Lipinski definition) is 1. The van der Waals surface area contributed by atoms with Crippen molar-refractivity contribution in [1.82, 2.24) is 0 Å². The Morgan fingerprint density at radius 1 is 1.09 bits per heavy atom. The Morgan fingerprint density at radius 2 is 1.83 bits per heavy atom. The molecule has 0 aliphatic heterocycles. The van der Waals surface area contributed by atoms with E-state index >= 15 is 0 Å².